The summed E-state index contributed by atoms with van der Waals surface area (Å²) in [6.07, 6.45) is 0. The number of carbonyl (C=O) groups excluding carboxylic acids is 1. The SMILES string of the molecule is COc1ccc2c(c1)/C(=C1\OCc3cc(OCCN4CCOCC4)ccc31)C(=O)N2. The summed E-state index contributed by atoms with van der Waals surface area (Å²) in [5.74, 6) is 1.96. The molecule has 0 radical (unpaired) electrons. The Labute approximate surface area is 175 Å². The van der Waals surface area contributed by atoms with Gasteiger partial charge in [-0.3, -0.25) is 9.69 Å². The zero-order valence-corrected chi connectivity index (χ0v) is 16.9. The molecule has 1 fully saturated rings. The molecule has 0 unspecified atom stereocenters. The number of fused-ring (bicyclic) bond motifs is 2. The summed E-state index contributed by atoms with van der Waals surface area (Å²) >= 11 is 0. The second-order valence-electron chi connectivity index (χ2n) is 7.48. The third-order valence-corrected chi connectivity index (χ3v) is 5.67. The third kappa shape index (κ3) is 3.51. The van der Waals surface area contributed by atoms with Gasteiger partial charge >= 0.3 is 0 Å². The summed E-state index contributed by atoms with van der Waals surface area (Å²) in [7, 11) is 1.61. The number of rotatable bonds is 5. The van der Waals surface area contributed by atoms with E-state index in [1.165, 1.54) is 0 Å². The van der Waals surface area contributed by atoms with Crippen molar-refractivity contribution in [2.45, 2.75) is 6.61 Å². The standard InChI is InChI=1S/C23H24N2O5/c1-27-16-3-5-20-19(13-16)21(23(26)24-20)22-18-4-2-17(12-15(18)14-30-22)29-11-8-25-6-9-28-10-7-25/h2-5,12-13H,6-11,14H2,1H3,(H,24,26)/b22-21+. The number of methoxy groups -OCH3 is 1. The van der Waals surface area contributed by atoms with E-state index in [4.69, 9.17) is 18.9 Å². The molecule has 156 valence electrons. The van der Waals surface area contributed by atoms with Crippen LogP contribution in [-0.2, 0) is 20.9 Å². The molecule has 0 saturated carbocycles. The Hall–Kier alpha value is -3.03. The molecular weight excluding hydrogens is 384 g/mol. The molecule has 5 rings (SSSR count). The molecule has 30 heavy (non-hydrogen) atoms. The summed E-state index contributed by atoms with van der Waals surface area (Å²) in [6.45, 7) is 5.40. The number of hydrogen-bond donors (Lipinski definition) is 1. The zero-order valence-electron chi connectivity index (χ0n) is 16.9. The van der Waals surface area contributed by atoms with Gasteiger partial charge in [0.15, 0.2) is 0 Å². The summed E-state index contributed by atoms with van der Waals surface area (Å²) in [5.41, 5.74) is 4.06. The van der Waals surface area contributed by atoms with E-state index in [0.29, 0.717) is 30.3 Å². The number of morpholine rings is 1. The summed E-state index contributed by atoms with van der Waals surface area (Å²) in [5, 5.41) is 2.91. The second kappa shape index (κ2) is 8.01. The zero-order chi connectivity index (χ0) is 20.5. The monoisotopic (exact) mass is 408 g/mol. The lowest BCUT2D eigenvalue weighted by molar-refractivity contribution is -0.110. The molecule has 3 heterocycles. The minimum absolute atomic E-state index is 0.160. The lowest BCUT2D eigenvalue weighted by atomic mass is 10.00. The minimum Gasteiger partial charge on any atom is -0.497 e. The van der Waals surface area contributed by atoms with E-state index in [1.807, 2.05) is 36.4 Å². The molecule has 2 aromatic carbocycles. The van der Waals surface area contributed by atoms with Gasteiger partial charge in [-0.2, -0.15) is 0 Å². The number of nitrogens with zero attached hydrogens (tertiary/aromatic N) is 1. The molecule has 0 atom stereocenters. The molecule has 1 amide bonds. The summed E-state index contributed by atoms with van der Waals surface area (Å²) in [6, 6.07) is 11.5. The number of ether oxygens (including phenoxy) is 4. The minimum atomic E-state index is -0.160. The lowest BCUT2D eigenvalue weighted by Crippen LogP contribution is -2.38. The highest BCUT2D eigenvalue weighted by Gasteiger charge is 2.33. The number of hydrogen-bond acceptors (Lipinski definition) is 6. The van der Waals surface area contributed by atoms with Gasteiger partial charge in [0, 0.05) is 42.0 Å². The Kier molecular flexibility index (Phi) is 5.06. The Morgan fingerprint density at radius 2 is 1.90 bits per heavy atom. The van der Waals surface area contributed by atoms with Crippen LogP contribution >= 0.6 is 0 Å². The molecule has 2 aromatic rings. The molecule has 7 nitrogen and oxygen atoms in total. The van der Waals surface area contributed by atoms with E-state index in [1.54, 1.807) is 7.11 Å². The van der Waals surface area contributed by atoms with Crippen molar-refractivity contribution in [3.8, 4) is 11.5 Å². The van der Waals surface area contributed by atoms with Gasteiger partial charge in [0.1, 0.15) is 30.5 Å². The van der Waals surface area contributed by atoms with Crippen LogP contribution in [0.4, 0.5) is 5.69 Å². The van der Waals surface area contributed by atoms with Crippen LogP contribution in [0.25, 0.3) is 11.3 Å². The maximum Gasteiger partial charge on any atom is 0.260 e. The Morgan fingerprint density at radius 3 is 2.73 bits per heavy atom. The van der Waals surface area contributed by atoms with Gasteiger partial charge in [-0.05, 0) is 36.4 Å². The van der Waals surface area contributed by atoms with Crippen molar-refractivity contribution < 1.29 is 23.7 Å². The molecule has 1 N–H and O–H groups in total. The van der Waals surface area contributed by atoms with Gasteiger partial charge in [-0.15, -0.1) is 0 Å². The van der Waals surface area contributed by atoms with Crippen LogP contribution in [0.5, 0.6) is 11.5 Å². The van der Waals surface area contributed by atoms with Crippen LogP contribution < -0.4 is 14.8 Å². The molecule has 0 spiro atoms. The Balaban J connectivity index is 1.36. The highest BCUT2D eigenvalue weighted by Crippen LogP contribution is 2.43. The largest absolute Gasteiger partial charge is 0.497 e. The van der Waals surface area contributed by atoms with E-state index < -0.39 is 0 Å². The fraction of sp³-hybridized carbons (Fsp3) is 0.348. The van der Waals surface area contributed by atoms with E-state index in [9.17, 15) is 4.79 Å². The first-order chi connectivity index (χ1) is 14.7. The van der Waals surface area contributed by atoms with E-state index >= 15 is 0 Å². The van der Waals surface area contributed by atoms with Crippen molar-refractivity contribution in [3.05, 3.63) is 53.1 Å². The van der Waals surface area contributed by atoms with Crippen molar-refractivity contribution in [1.82, 2.24) is 4.90 Å². The quantitative estimate of drug-likeness (QED) is 0.768. The lowest BCUT2D eigenvalue weighted by Gasteiger charge is -2.26. The highest BCUT2D eigenvalue weighted by atomic mass is 16.5. The average Bonchev–Trinajstić information content (AvgIpc) is 3.33. The van der Waals surface area contributed by atoms with Crippen molar-refractivity contribution >= 4 is 22.9 Å². The van der Waals surface area contributed by atoms with Crippen LogP contribution in [0, 0.1) is 0 Å². The number of carbonyl (C=O) groups is 1. The molecule has 3 aliphatic heterocycles. The van der Waals surface area contributed by atoms with E-state index in [0.717, 1.165) is 61.0 Å². The van der Waals surface area contributed by atoms with E-state index in [-0.39, 0.29) is 5.91 Å². The average molecular weight is 408 g/mol. The molecule has 3 aliphatic rings. The van der Waals surface area contributed by atoms with Crippen LogP contribution in [0.1, 0.15) is 16.7 Å². The molecule has 1 saturated heterocycles. The van der Waals surface area contributed by atoms with Gasteiger partial charge < -0.3 is 24.3 Å². The summed E-state index contributed by atoms with van der Waals surface area (Å²) in [4.78, 5) is 15.0. The van der Waals surface area contributed by atoms with Gasteiger partial charge in [-0.1, -0.05) is 0 Å². The Morgan fingerprint density at radius 1 is 1.07 bits per heavy atom. The summed E-state index contributed by atoms with van der Waals surface area (Å²) < 4.78 is 22.6. The highest BCUT2D eigenvalue weighted by molar-refractivity contribution is 6.36. The number of anilines is 1. The van der Waals surface area contributed by atoms with Crippen LogP contribution in [0.3, 0.4) is 0 Å². The number of nitrogens with one attached hydrogen (secondary N) is 1. The molecule has 7 heteroatoms. The maximum atomic E-state index is 12.7. The first kappa shape index (κ1) is 19.0. The first-order valence-electron chi connectivity index (χ1n) is 10.2. The van der Waals surface area contributed by atoms with Gasteiger partial charge in [0.05, 0.1) is 25.9 Å². The van der Waals surface area contributed by atoms with E-state index in [2.05, 4.69) is 10.2 Å². The topological polar surface area (TPSA) is 69.3 Å². The van der Waals surface area contributed by atoms with Crippen LogP contribution in [0.15, 0.2) is 36.4 Å². The number of benzene rings is 2. The molecule has 0 aromatic heterocycles. The fourth-order valence-corrected chi connectivity index (χ4v) is 4.05. The van der Waals surface area contributed by atoms with Crippen molar-refractivity contribution in [2.75, 3.05) is 51.9 Å². The van der Waals surface area contributed by atoms with Crippen molar-refractivity contribution in [3.63, 3.8) is 0 Å². The fourth-order valence-electron chi connectivity index (χ4n) is 4.05. The van der Waals surface area contributed by atoms with Crippen LogP contribution in [0.2, 0.25) is 0 Å². The maximum absolute atomic E-state index is 12.7. The third-order valence-electron chi connectivity index (χ3n) is 5.67. The smallest absolute Gasteiger partial charge is 0.260 e. The predicted molar refractivity (Wildman–Crippen MR) is 112 cm³/mol. The molecular formula is C23H24N2O5. The van der Waals surface area contributed by atoms with Gasteiger partial charge in [0.25, 0.3) is 5.91 Å². The number of amides is 1. The first-order valence-corrected chi connectivity index (χ1v) is 10.2. The van der Waals surface area contributed by atoms with Gasteiger partial charge in [-0.25, -0.2) is 0 Å². The second-order valence-corrected chi connectivity index (χ2v) is 7.48. The normalized spacial score (nSPS) is 20.4. The predicted octanol–water partition coefficient (Wildman–Crippen LogP) is 2.76. The molecule has 0 aliphatic carbocycles. The van der Waals surface area contributed by atoms with Crippen LogP contribution in [-0.4, -0.2) is 57.4 Å². The van der Waals surface area contributed by atoms with Crippen molar-refractivity contribution in [2.24, 2.45) is 0 Å². The molecule has 0 bridgehead atoms. The Bertz CT molecular complexity index is 1010. The van der Waals surface area contributed by atoms with Gasteiger partial charge in [0.2, 0.25) is 0 Å². The van der Waals surface area contributed by atoms with Crippen molar-refractivity contribution in [1.29, 1.82) is 0 Å².